The van der Waals surface area contributed by atoms with Crippen LogP contribution in [0.25, 0.3) is 0 Å². The lowest BCUT2D eigenvalue weighted by Crippen LogP contribution is -2.46. The highest BCUT2D eigenvalue weighted by atomic mass is 19.1. The number of carbonyl (C=O) groups excluding carboxylic acids is 1. The number of benzene rings is 1. The Bertz CT molecular complexity index is 784. The second kappa shape index (κ2) is 5.18. The maximum atomic E-state index is 13.4. The van der Waals surface area contributed by atoms with Crippen molar-refractivity contribution in [1.82, 2.24) is 4.90 Å². The Morgan fingerprint density at radius 1 is 1.55 bits per heavy atom. The largest absolute Gasteiger partial charge is 0.467 e. The van der Waals surface area contributed by atoms with E-state index in [-0.39, 0.29) is 5.56 Å². The van der Waals surface area contributed by atoms with E-state index in [1.54, 1.807) is 17.2 Å². The third kappa shape index (κ3) is 1.86. The molecule has 0 aromatic heterocycles. The number of rotatable bonds is 2. The third-order valence-corrected chi connectivity index (χ3v) is 4.11. The topological polar surface area (TPSA) is 53.3 Å². The summed E-state index contributed by atoms with van der Waals surface area (Å²) in [5, 5.41) is 9.33. The first-order valence-electron chi connectivity index (χ1n) is 6.83. The van der Waals surface area contributed by atoms with E-state index >= 15 is 0 Å². The molecular formula is C17H13FN2O2. The van der Waals surface area contributed by atoms with Gasteiger partial charge in [-0.3, -0.25) is 0 Å². The Morgan fingerprint density at radius 2 is 2.36 bits per heavy atom. The van der Waals surface area contributed by atoms with Gasteiger partial charge in [-0.25, -0.2) is 9.18 Å². The van der Waals surface area contributed by atoms with Crippen LogP contribution in [0.15, 0.2) is 48.0 Å². The quantitative estimate of drug-likeness (QED) is 0.622. The molecule has 2 heterocycles. The summed E-state index contributed by atoms with van der Waals surface area (Å²) in [7, 11) is 1.31. The lowest BCUT2D eigenvalue weighted by atomic mass is 9.84. The molecule has 0 aliphatic carbocycles. The fourth-order valence-corrected chi connectivity index (χ4v) is 3.13. The zero-order valence-electron chi connectivity index (χ0n) is 12.0. The van der Waals surface area contributed by atoms with Gasteiger partial charge in [0.15, 0.2) is 5.54 Å². The van der Waals surface area contributed by atoms with Crippen LogP contribution in [0.3, 0.4) is 0 Å². The van der Waals surface area contributed by atoms with E-state index in [0.29, 0.717) is 18.4 Å². The van der Waals surface area contributed by atoms with Crippen LogP contribution in [-0.4, -0.2) is 18.0 Å². The molecule has 0 bridgehead atoms. The molecule has 110 valence electrons. The molecule has 1 saturated heterocycles. The van der Waals surface area contributed by atoms with Crippen molar-refractivity contribution < 1.29 is 13.9 Å². The van der Waals surface area contributed by atoms with Crippen molar-refractivity contribution in [3.63, 3.8) is 0 Å². The standard InChI is InChI=1S/C17H13FN2O2/c1-22-16(21)17(8-7-14-4-2-3-9-20(14)17)15-6-5-13(18)10-12(15)11-19/h2,4-6,9-10H,7-8H2,1H3. The zero-order valence-corrected chi connectivity index (χ0v) is 12.0. The van der Waals surface area contributed by atoms with Crippen LogP contribution in [0.4, 0.5) is 4.39 Å². The Labute approximate surface area is 127 Å². The number of nitriles is 1. The molecule has 0 spiro atoms. The van der Waals surface area contributed by atoms with Crippen molar-refractivity contribution in [2.24, 2.45) is 0 Å². The number of hydrogen-bond acceptors (Lipinski definition) is 4. The van der Waals surface area contributed by atoms with E-state index in [9.17, 15) is 14.4 Å². The summed E-state index contributed by atoms with van der Waals surface area (Å²) >= 11 is 0. The number of allylic oxidation sites excluding steroid dienone is 3. The van der Waals surface area contributed by atoms with Crippen LogP contribution in [0, 0.1) is 17.1 Å². The van der Waals surface area contributed by atoms with E-state index in [4.69, 9.17) is 4.74 Å². The normalized spacial score (nSPS) is 22.0. The van der Waals surface area contributed by atoms with Crippen molar-refractivity contribution in [2.45, 2.75) is 18.4 Å². The second-order valence-corrected chi connectivity index (χ2v) is 5.14. The number of hydrogen-bond donors (Lipinski definition) is 0. The lowest BCUT2D eigenvalue weighted by Gasteiger charge is -2.36. The second-order valence-electron chi connectivity index (χ2n) is 5.14. The summed E-state index contributed by atoms with van der Waals surface area (Å²) in [6, 6.07) is 5.86. The van der Waals surface area contributed by atoms with Crippen LogP contribution in [0.5, 0.6) is 0 Å². The average Bonchev–Trinajstić information content (AvgIpc) is 2.94. The molecule has 1 atom stereocenters. The monoisotopic (exact) mass is 296 g/mol. The molecule has 1 unspecified atom stereocenters. The molecular weight excluding hydrogens is 283 g/mol. The summed E-state index contributed by atoms with van der Waals surface area (Å²) < 4.78 is 18.4. The van der Waals surface area contributed by atoms with Gasteiger partial charge < -0.3 is 9.64 Å². The van der Waals surface area contributed by atoms with Crippen LogP contribution in [0.2, 0.25) is 0 Å². The van der Waals surface area contributed by atoms with Crippen molar-refractivity contribution in [3.8, 4) is 6.07 Å². The van der Waals surface area contributed by atoms with E-state index in [0.717, 1.165) is 11.8 Å². The highest BCUT2D eigenvalue weighted by Gasteiger charge is 2.52. The van der Waals surface area contributed by atoms with Gasteiger partial charge in [0, 0.05) is 17.5 Å². The number of fused-ring (bicyclic) bond motifs is 1. The third-order valence-electron chi connectivity index (χ3n) is 4.11. The predicted octanol–water partition coefficient (Wildman–Crippen LogP) is 2.73. The maximum absolute atomic E-state index is 13.4. The van der Waals surface area contributed by atoms with E-state index in [1.807, 2.05) is 12.1 Å². The van der Waals surface area contributed by atoms with Crippen LogP contribution in [-0.2, 0) is 15.1 Å². The molecule has 1 aromatic carbocycles. The van der Waals surface area contributed by atoms with Crippen molar-refractivity contribution in [1.29, 1.82) is 5.26 Å². The molecule has 1 fully saturated rings. The molecule has 5 heteroatoms. The number of nitrogens with zero attached hydrogens (tertiary/aromatic N) is 2. The number of carbonyl (C=O) groups is 1. The fourth-order valence-electron chi connectivity index (χ4n) is 3.13. The number of esters is 1. The highest BCUT2D eigenvalue weighted by molar-refractivity contribution is 5.85. The Morgan fingerprint density at radius 3 is 3.09 bits per heavy atom. The van der Waals surface area contributed by atoms with Crippen LogP contribution >= 0.6 is 0 Å². The molecule has 0 amide bonds. The van der Waals surface area contributed by atoms with Gasteiger partial charge in [0.25, 0.3) is 0 Å². The van der Waals surface area contributed by atoms with Gasteiger partial charge in [0.1, 0.15) is 5.82 Å². The van der Waals surface area contributed by atoms with E-state index < -0.39 is 17.3 Å². The van der Waals surface area contributed by atoms with Gasteiger partial charge in [0.2, 0.25) is 0 Å². The van der Waals surface area contributed by atoms with Gasteiger partial charge >= 0.3 is 5.97 Å². The number of methoxy groups -OCH3 is 1. The molecule has 22 heavy (non-hydrogen) atoms. The molecule has 4 nitrogen and oxygen atoms in total. The smallest absolute Gasteiger partial charge is 0.336 e. The molecule has 1 aromatic rings. The minimum Gasteiger partial charge on any atom is -0.467 e. The van der Waals surface area contributed by atoms with Crippen molar-refractivity contribution in [3.05, 3.63) is 64.9 Å². The van der Waals surface area contributed by atoms with Crippen LogP contribution in [0.1, 0.15) is 24.0 Å². The Kier molecular flexibility index (Phi) is 3.32. The SMILES string of the molecule is COC(=O)C1(c2ccc(F)cc2C#N)CCC2=CC=C=CN21. The molecule has 2 aliphatic heterocycles. The average molecular weight is 296 g/mol. The summed E-state index contributed by atoms with van der Waals surface area (Å²) in [5.41, 5.74) is 3.32. The molecule has 0 radical (unpaired) electrons. The molecule has 0 N–H and O–H groups in total. The number of ether oxygens (including phenoxy) is 1. The first-order chi connectivity index (χ1) is 10.6. The first-order valence-corrected chi connectivity index (χ1v) is 6.83. The minimum absolute atomic E-state index is 0.134. The van der Waals surface area contributed by atoms with Crippen LogP contribution < -0.4 is 0 Å². The van der Waals surface area contributed by atoms with Crippen molar-refractivity contribution >= 4 is 5.97 Å². The van der Waals surface area contributed by atoms with Gasteiger partial charge in [-0.2, -0.15) is 5.26 Å². The summed E-state index contributed by atoms with van der Waals surface area (Å²) in [6.45, 7) is 0. The van der Waals surface area contributed by atoms with E-state index in [2.05, 4.69) is 5.73 Å². The molecule has 2 aliphatic rings. The minimum atomic E-state index is -1.15. The van der Waals surface area contributed by atoms with Gasteiger partial charge in [0.05, 0.1) is 18.7 Å². The molecule has 0 saturated carbocycles. The zero-order chi connectivity index (χ0) is 15.7. The highest BCUT2D eigenvalue weighted by Crippen LogP contribution is 2.47. The summed E-state index contributed by atoms with van der Waals surface area (Å²) in [5.74, 6) is -0.984. The van der Waals surface area contributed by atoms with Crippen molar-refractivity contribution in [2.75, 3.05) is 7.11 Å². The number of halogens is 1. The van der Waals surface area contributed by atoms with Gasteiger partial charge in [-0.05, 0) is 37.1 Å². The first kappa shape index (κ1) is 14.1. The predicted molar refractivity (Wildman–Crippen MR) is 76.6 cm³/mol. The Balaban J connectivity index is 2.26. The molecule has 3 rings (SSSR count). The summed E-state index contributed by atoms with van der Waals surface area (Å²) in [6.07, 6.45) is 6.43. The van der Waals surface area contributed by atoms with E-state index in [1.165, 1.54) is 19.2 Å². The fraction of sp³-hybridized carbons (Fsp3) is 0.235. The van der Waals surface area contributed by atoms with Gasteiger partial charge in [-0.1, -0.05) is 6.07 Å². The Hall–Kier alpha value is -2.83. The maximum Gasteiger partial charge on any atom is 0.336 e. The lowest BCUT2D eigenvalue weighted by molar-refractivity contribution is -0.152. The summed E-state index contributed by atoms with van der Waals surface area (Å²) in [4.78, 5) is 14.4. The van der Waals surface area contributed by atoms with Gasteiger partial charge in [-0.15, -0.1) is 5.73 Å².